The highest BCUT2D eigenvalue weighted by Crippen LogP contribution is 2.18. The minimum Gasteiger partial charge on any atom is -0.465 e. The molecule has 1 heterocycles. The number of carbonyl (C=O) groups excluding carboxylic acids is 1. The van der Waals surface area contributed by atoms with Crippen molar-refractivity contribution in [1.29, 1.82) is 0 Å². The fraction of sp³-hybridized carbons (Fsp3) is 0.267. The first-order chi connectivity index (χ1) is 8.69. The van der Waals surface area contributed by atoms with Crippen LogP contribution in [0.15, 0.2) is 35.7 Å². The molecule has 0 unspecified atom stereocenters. The molecule has 2 aromatic rings. The molecule has 0 atom stereocenters. The third kappa shape index (κ3) is 3.20. The molecule has 18 heavy (non-hydrogen) atoms. The van der Waals surface area contributed by atoms with E-state index >= 15 is 0 Å². The molecule has 0 N–H and O–H groups in total. The summed E-state index contributed by atoms with van der Waals surface area (Å²) < 4.78 is 4.69. The average Bonchev–Trinajstić information content (AvgIpc) is 2.86. The second-order valence-electron chi connectivity index (χ2n) is 4.28. The van der Waals surface area contributed by atoms with Crippen LogP contribution < -0.4 is 0 Å². The van der Waals surface area contributed by atoms with Crippen molar-refractivity contribution in [2.75, 3.05) is 7.11 Å². The zero-order valence-corrected chi connectivity index (χ0v) is 11.4. The minimum absolute atomic E-state index is 0.257. The van der Waals surface area contributed by atoms with Gasteiger partial charge in [-0.2, -0.15) is 0 Å². The second-order valence-corrected chi connectivity index (χ2v) is 5.27. The molecule has 2 nitrogen and oxygen atoms in total. The molecule has 0 amide bonds. The maximum Gasteiger partial charge on any atom is 0.338 e. The number of aryl methyl sites for hydroxylation is 3. The molecule has 0 saturated carbocycles. The number of ether oxygens (including phenoxy) is 1. The van der Waals surface area contributed by atoms with Crippen LogP contribution in [-0.4, -0.2) is 13.1 Å². The highest BCUT2D eigenvalue weighted by molar-refractivity contribution is 7.10. The van der Waals surface area contributed by atoms with Crippen LogP contribution >= 0.6 is 11.3 Å². The third-order valence-electron chi connectivity index (χ3n) is 2.86. The molecule has 2 rings (SSSR count). The van der Waals surface area contributed by atoms with E-state index in [2.05, 4.69) is 31.2 Å². The molecule has 0 aliphatic carbocycles. The molecule has 94 valence electrons. The number of hydrogen-bond donors (Lipinski definition) is 0. The van der Waals surface area contributed by atoms with Crippen molar-refractivity contribution in [3.8, 4) is 0 Å². The summed E-state index contributed by atoms with van der Waals surface area (Å²) in [7, 11) is 1.41. The van der Waals surface area contributed by atoms with Gasteiger partial charge in [-0.25, -0.2) is 4.79 Å². The van der Waals surface area contributed by atoms with Crippen LogP contribution in [0.2, 0.25) is 0 Å². The lowest BCUT2D eigenvalue weighted by Crippen LogP contribution is -1.98. The molecule has 0 radical (unpaired) electrons. The summed E-state index contributed by atoms with van der Waals surface area (Å²) in [5, 5.41) is 1.86. The summed E-state index contributed by atoms with van der Waals surface area (Å²) in [4.78, 5) is 12.5. The molecule has 3 heteroatoms. The van der Waals surface area contributed by atoms with E-state index in [0.29, 0.717) is 5.56 Å². The van der Waals surface area contributed by atoms with Crippen LogP contribution in [0.25, 0.3) is 0 Å². The van der Waals surface area contributed by atoms with Gasteiger partial charge in [0.15, 0.2) is 0 Å². The van der Waals surface area contributed by atoms with Gasteiger partial charge in [-0.1, -0.05) is 29.8 Å². The van der Waals surface area contributed by atoms with E-state index in [4.69, 9.17) is 4.74 Å². The Labute approximate surface area is 111 Å². The van der Waals surface area contributed by atoms with E-state index < -0.39 is 0 Å². The Morgan fingerprint density at radius 1 is 1.22 bits per heavy atom. The van der Waals surface area contributed by atoms with Gasteiger partial charge in [-0.15, -0.1) is 11.3 Å². The topological polar surface area (TPSA) is 26.3 Å². The third-order valence-corrected chi connectivity index (χ3v) is 3.85. The lowest BCUT2D eigenvalue weighted by molar-refractivity contribution is 0.0601. The van der Waals surface area contributed by atoms with Gasteiger partial charge < -0.3 is 4.74 Å². The molecule has 1 aromatic carbocycles. The van der Waals surface area contributed by atoms with Gasteiger partial charge in [-0.3, -0.25) is 0 Å². The number of esters is 1. The highest BCUT2D eigenvalue weighted by Gasteiger charge is 2.08. The summed E-state index contributed by atoms with van der Waals surface area (Å²) in [6.07, 6.45) is 1.96. The lowest BCUT2D eigenvalue weighted by atomic mass is 10.1. The van der Waals surface area contributed by atoms with E-state index in [1.807, 2.05) is 11.4 Å². The molecule has 1 aromatic heterocycles. The van der Waals surface area contributed by atoms with Gasteiger partial charge in [0.2, 0.25) is 0 Å². The maximum atomic E-state index is 11.3. The Bertz CT molecular complexity index is 526. The molecular weight excluding hydrogens is 244 g/mol. The Kier molecular flexibility index (Phi) is 4.15. The van der Waals surface area contributed by atoms with Gasteiger partial charge in [0, 0.05) is 10.3 Å². The van der Waals surface area contributed by atoms with Gasteiger partial charge in [0.1, 0.15) is 0 Å². The number of hydrogen-bond acceptors (Lipinski definition) is 3. The molecule has 0 aliphatic heterocycles. The largest absolute Gasteiger partial charge is 0.465 e. The van der Waals surface area contributed by atoms with Crippen LogP contribution in [0.5, 0.6) is 0 Å². The Hall–Kier alpha value is -1.61. The van der Waals surface area contributed by atoms with Crippen molar-refractivity contribution in [3.05, 3.63) is 57.3 Å². The molecule has 0 aliphatic rings. The highest BCUT2D eigenvalue weighted by atomic mass is 32.1. The predicted molar refractivity (Wildman–Crippen MR) is 74.2 cm³/mol. The summed E-state index contributed by atoms with van der Waals surface area (Å²) in [5.41, 5.74) is 3.26. The molecular formula is C15H16O2S. The molecule has 0 fully saturated rings. The molecule has 0 saturated heterocycles. The van der Waals surface area contributed by atoms with Gasteiger partial charge in [0.05, 0.1) is 12.7 Å². The number of carbonyl (C=O) groups is 1. The first-order valence-corrected chi connectivity index (χ1v) is 6.78. The van der Waals surface area contributed by atoms with Crippen molar-refractivity contribution in [3.63, 3.8) is 0 Å². The first kappa shape index (κ1) is 12.8. The van der Waals surface area contributed by atoms with Crippen molar-refractivity contribution in [2.24, 2.45) is 0 Å². The Morgan fingerprint density at radius 2 is 1.94 bits per heavy atom. The second kappa shape index (κ2) is 5.83. The first-order valence-electron chi connectivity index (χ1n) is 5.90. The number of methoxy groups -OCH3 is 1. The monoisotopic (exact) mass is 260 g/mol. The van der Waals surface area contributed by atoms with E-state index in [0.717, 1.165) is 12.8 Å². The van der Waals surface area contributed by atoms with Gasteiger partial charge >= 0.3 is 5.97 Å². The van der Waals surface area contributed by atoms with Crippen LogP contribution in [0.3, 0.4) is 0 Å². The summed E-state index contributed by atoms with van der Waals surface area (Å²) >= 11 is 1.61. The SMILES string of the molecule is COC(=O)c1csc(CCc2ccc(C)cc2)c1. The summed E-state index contributed by atoms with van der Waals surface area (Å²) in [5.74, 6) is -0.257. The van der Waals surface area contributed by atoms with Crippen molar-refractivity contribution < 1.29 is 9.53 Å². The molecule has 0 spiro atoms. The zero-order valence-electron chi connectivity index (χ0n) is 10.6. The normalized spacial score (nSPS) is 10.3. The van der Waals surface area contributed by atoms with Crippen LogP contribution in [0, 0.1) is 6.92 Å². The van der Waals surface area contributed by atoms with Crippen molar-refractivity contribution >= 4 is 17.3 Å². The van der Waals surface area contributed by atoms with Crippen molar-refractivity contribution in [1.82, 2.24) is 0 Å². The lowest BCUT2D eigenvalue weighted by Gasteiger charge is -2.00. The Balaban J connectivity index is 1.96. The Morgan fingerprint density at radius 3 is 2.61 bits per heavy atom. The zero-order chi connectivity index (χ0) is 13.0. The summed E-state index contributed by atoms with van der Waals surface area (Å²) in [6.45, 7) is 2.09. The fourth-order valence-electron chi connectivity index (χ4n) is 1.76. The average molecular weight is 260 g/mol. The van der Waals surface area contributed by atoms with E-state index in [1.165, 1.54) is 23.1 Å². The van der Waals surface area contributed by atoms with Crippen LogP contribution in [-0.2, 0) is 17.6 Å². The smallest absolute Gasteiger partial charge is 0.338 e. The quantitative estimate of drug-likeness (QED) is 0.785. The van der Waals surface area contributed by atoms with E-state index in [9.17, 15) is 4.79 Å². The van der Waals surface area contributed by atoms with Crippen molar-refractivity contribution in [2.45, 2.75) is 19.8 Å². The van der Waals surface area contributed by atoms with E-state index in [1.54, 1.807) is 11.3 Å². The van der Waals surface area contributed by atoms with Crippen LogP contribution in [0.4, 0.5) is 0 Å². The van der Waals surface area contributed by atoms with Crippen LogP contribution in [0.1, 0.15) is 26.4 Å². The number of thiophene rings is 1. The number of benzene rings is 1. The van der Waals surface area contributed by atoms with Gasteiger partial charge in [0.25, 0.3) is 0 Å². The predicted octanol–water partition coefficient (Wildman–Crippen LogP) is 3.63. The summed E-state index contributed by atoms with van der Waals surface area (Å²) in [6, 6.07) is 10.5. The van der Waals surface area contributed by atoms with Gasteiger partial charge in [-0.05, 0) is 31.4 Å². The standard InChI is InChI=1S/C15H16O2S/c1-11-3-5-12(6-4-11)7-8-14-9-13(10-18-14)15(16)17-2/h3-6,9-10H,7-8H2,1-2H3. The molecule has 0 bridgehead atoms. The van der Waals surface area contributed by atoms with E-state index in [-0.39, 0.29) is 5.97 Å². The number of rotatable bonds is 4. The fourth-order valence-corrected chi connectivity index (χ4v) is 2.62. The minimum atomic E-state index is -0.257. The maximum absolute atomic E-state index is 11.3.